The summed E-state index contributed by atoms with van der Waals surface area (Å²) in [6.07, 6.45) is -0.545. The number of amides is 1. The largest absolute Gasteiger partial charge is 0.382 e. The van der Waals surface area contributed by atoms with Gasteiger partial charge in [-0.3, -0.25) is 4.79 Å². The topological polar surface area (TPSA) is 88.1 Å². The van der Waals surface area contributed by atoms with E-state index in [1.807, 2.05) is 0 Å². The maximum Gasteiger partial charge on any atom is 0.264 e. The molecule has 0 radical (unpaired) electrons. The molecule has 0 saturated heterocycles. The lowest BCUT2D eigenvalue weighted by Gasteiger charge is -2.21. The van der Waals surface area contributed by atoms with E-state index in [-0.39, 0.29) is 35.6 Å². The van der Waals surface area contributed by atoms with Crippen LogP contribution in [0.2, 0.25) is 0 Å². The average Bonchev–Trinajstić information content (AvgIpc) is 3.22. The second-order valence-electron chi connectivity index (χ2n) is 7.32. The van der Waals surface area contributed by atoms with Crippen LogP contribution in [0.15, 0.2) is 58.6 Å². The van der Waals surface area contributed by atoms with Crippen LogP contribution in [0.4, 0.5) is 4.39 Å². The second-order valence-corrected chi connectivity index (χ2v) is 9.32. The van der Waals surface area contributed by atoms with Gasteiger partial charge in [0.25, 0.3) is 5.91 Å². The normalized spacial score (nSPS) is 16.5. The van der Waals surface area contributed by atoms with Crippen LogP contribution in [-0.2, 0) is 26.2 Å². The molecule has 160 valence electrons. The summed E-state index contributed by atoms with van der Waals surface area (Å²) in [5.74, 6) is -0.727. The van der Waals surface area contributed by atoms with Gasteiger partial charge in [0.15, 0.2) is 0 Å². The van der Waals surface area contributed by atoms with E-state index in [1.165, 1.54) is 35.6 Å². The molecule has 9 heteroatoms. The summed E-state index contributed by atoms with van der Waals surface area (Å²) in [5, 5.41) is 6.64. The van der Waals surface area contributed by atoms with Crippen molar-refractivity contribution < 1.29 is 22.4 Å². The van der Waals surface area contributed by atoms with Gasteiger partial charge in [-0.1, -0.05) is 29.4 Å². The second kappa shape index (κ2) is 8.93. The predicted octanol–water partition coefficient (Wildman–Crippen LogP) is 2.66. The molecule has 0 spiro atoms. The molecule has 0 fully saturated rings. The number of carbonyl (C=O) groups is 1. The van der Waals surface area contributed by atoms with Crippen molar-refractivity contribution in [1.29, 1.82) is 0 Å². The van der Waals surface area contributed by atoms with E-state index in [0.29, 0.717) is 11.3 Å². The van der Waals surface area contributed by atoms with E-state index in [1.54, 1.807) is 38.1 Å². The zero-order chi connectivity index (χ0) is 21.9. The molecule has 1 aliphatic rings. The van der Waals surface area contributed by atoms with Crippen LogP contribution < -0.4 is 5.32 Å². The van der Waals surface area contributed by atoms with Crippen LogP contribution in [0.3, 0.4) is 0 Å². The minimum Gasteiger partial charge on any atom is -0.382 e. The van der Waals surface area contributed by atoms with Crippen molar-refractivity contribution in [3.05, 3.63) is 65.5 Å². The van der Waals surface area contributed by atoms with Crippen LogP contribution >= 0.6 is 0 Å². The van der Waals surface area contributed by atoms with Gasteiger partial charge in [-0.2, -0.15) is 4.31 Å². The highest BCUT2D eigenvalue weighted by Gasteiger charge is 2.29. The van der Waals surface area contributed by atoms with E-state index in [4.69, 9.17) is 4.84 Å². The molecule has 1 aliphatic heterocycles. The molecular weight excluding hydrogens is 409 g/mol. The molecule has 1 amide bonds. The minimum atomic E-state index is -3.55. The molecule has 1 heterocycles. The Balaban J connectivity index is 1.56. The zero-order valence-corrected chi connectivity index (χ0v) is 17.8. The zero-order valence-electron chi connectivity index (χ0n) is 17.0. The summed E-state index contributed by atoms with van der Waals surface area (Å²) in [5.41, 5.74) is 1.84. The summed E-state index contributed by atoms with van der Waals surface area (Å²) >= 11 is 0. The van der Waals surface area contributed by atoms with E-state index in [9.17, 15) is 17.6 Å². The number of oxime groups is 1. The van der Waals surface area contributed by atoms with Gasteiger partial charge in [-0.05, 0) is 43.7 Å². The van der Waals surface area contributed by atoms with Crippen molar-refractivity contribution in [2.75, 3.05) is 7.05 Å². The van der Waals surface area contributed by atoms with Crippen LogP contribution in [0.1, 0.15) is 31.4 Å². The Morgan fingerprint density at radius 2 is 1.97 bits per heavy atom. The van der Waals surface area contributed by atoms with Gasteiger partial charge in [0.2, 0.25) is 16.1 Å². The maximum absolute atomic E-state index is 13.4. The van der Waals surface area contributed by atoms with Crippen LogP contribution in [-0.4, -0.2) is 43.5 Å². The molecule has 0 aliphatic carbocycles. The third kappa shape index (κ3) is 4.85. The first-order valence-electron chi connectivity index (χ1n) is 9.52. The molecular formula is C21H24FN3O4S. The average molecular weight is 434 g/mol. The highest BCUT2D eigenvalue weighted by molar-refractivity contribution is 7.89. The SMILES string of the molecule is CC(C)N(C)S(=O)(=O)c1ccc(CNC(=O)C2CC(c3cccc(F)c3)=NO2)cc1. The van der Waals surface area contributed by atoms with Gasteiger partial charge in [0.05, 0.1) is 10.6 Å². The number of nitrogens with one attached hydrogen (secondary N) is 1. The lowest BCUT2D eigenvalue weighted by Crippen LogP contribution is -2.34. The van der Waals surface area contributed by atoms with Gasteiger partial charge >= 0.3 is 0 Å². The first-order chi connectivity index (χ1) is 14.2. The van der Waals surface area contributed by atoms with E-state index >= 15 is 0 Å². The summed E-state index contributed by atoms with van der Waals surface area (Å²) in [4.78, 5) is 17.8. The summed E-state index contributed by atoms with van der Waals surface area (Å²) in [7, 11) is -2.01. The quantitative estimate of drug-likeness (QED) is 0.727. The molecule has 1 N–H and O–H groups in total. The van der Waals surface area contributed by atoms with Crippen molar-refractivity contribution in [2.24, 2.45) is 5.16 Å². The molecule has 2 aromatic carbocycles. The lowest BCUT2D eigenvalue weighted by atomic mass is 10.0. The number of benzene rings is 2. The minimum absolute atomic E-state index is 0.153. The van der Waals surface area contributed by atoms with Gasteiger partial charge in [-0.15, -0.1) is 0 Å². The monoisotopic (exact) mass is 433 g/mol. The summed E-state index contributed by atoms with van der Waals surface area (Å²) in [6.45, 7) is 3.82. The Bertz CT molecular complexity index is 1050. The standard InChI is InChI=1S/C21H24FN3O4S/c1-14(2)25(3)30(27,28)18-9-7-15(8-10-18)13-23-21(26)20-12-19(24-29-20)16-5-4-6-17(22)11-16/h4-11,14,20H,12-13H2,1-3H3,(H,23,26). The third-order valence-electron chi connectivity index (χ3n) is 4.91. The van der Waals surface area contributed by atoms with Crippen molar-refractivity contribution in [3.8, 4) is 0 Å². The number of nitrogens with zero attached hydrogens (tertiary/aromatic N) is 2. The Morgan fingerprint density at radius 3 is 2.60 bits per heavy atom. The highest BCUT2D eigenvalue weighted by Crippen LogP contribution is 2.19. The summed E-state index contributed by atoms with van der Waals surface area (Å²) < 4.78 is 39.7. The van der Waals surface area contributed by atoms with Crippen molar-refractivity contribution in [2.45, 2.75) is 43.9 Å². The summed E-state index contributed by atoms with van der Waals surface area (Å²) in [6, 6.07) is 12.2. The first-order valence-corrected chi connectivity index (χ1v) is 11.0. The van der Waals surface area contributed by atoms with Crippen molar-refractivity contribution in [3.63, 3.8) is 0 Å². The molecule has 30 heavy (non-hydrogen) atoms. The Hall–Kier alpha value is -2.78. The van der Waals surface area contributed by atoms with Gasteiger partial charge in [0.1, 0.15) is 5.82 Å². The van der Waals surface area contributed by atoms with E-state index < -0.39 is 16.1 Å². The van der Waals surface area contributed by atoms with E-state index in [2.05, 4.69) is 10.5 Å². The Labute approximate surface area is 175 Å². The molecule has 0 bridgehead atoms. The molecule has 1 unspecified atom stereocenters. The highest BCUT2D eigenvalue weighted by atomic mass is 32.2. The molecule has 0 aromatic heterocycles. The van der Waals surface area contributed by atoms with Crippen molar-refractivity contribution in [1.82, 2.24) is 9.62 Å². The molecule has 3 rings (SSSR count). The fourth-order valence-corrected chi connectivity index (χ4v) is 4.25. The number of sulfonamides is 1. The molecule has 2 aromatic rings. The third-order valence-corrected chi connectivity index (χ3v) is 6.96. The number of hydrogen-bond donors (Lipinski definition) is 1. The van der Waals surface area contributed by atoms with Gasteiger partial charge in [-0.25, -0.2) is 12.8 Å². The fourth-order valence-electron chi connectivity index (χ4n) is 2.88. The molecule has 7 nitrogen and oxygen atoms in total. The van der Waals surface area contributed by atoms with Gasteiger partial charge in [0, 0.05) is 31.6 Å². The molecule has 1 atom stereocenters. The molecule has 0 saturated carbocycles. The predicted molar refractivity (Wildman–Crippen MR) is 111 cm³/mol. The smallest absolute Gasteiger partial charge is 0.264 e. The first kappa shape index (κ1) is 21.9. The Morgan fingerprint density at radius 1 is 1.27 bits per heavy atom. The van der Waals surface area contributed by atoms with Crippen LogP contribution in [0.5, 0.6) is 0 Å². The Kier molecular flexibility index (Phi) is 6.52. The number of carbonyl (C=O) groups excluding carboxylic acids is 1. The number of halogens is 1. The fraction of sp³-hybridized carbons (Fsp3) is 0.333. The lowest BCUT2D eigenvalue weighted by molar-refractivity contribution is -0.131. The van der Waals surface area contributed by atoms with Crippen LogP contribution in [0, 0.1) is 5.82 Å². The number of rotatable bonds is 7. The van der Waals surface area contributed by atoms with Crippen LogP contribution in [0.25, 0.3) is 0 Å². The van der Waals surface area contributed by atoms with Gasteiger partial charge < -0.3 is 10.2 Å². The maximum atomic E-state index is 13.4. The van der Waals surface area contributed by atoms with E-state index in [0.717, 1.165) is 5.56 Å². The van der Waals surface area contributed by atoms with Crippen molar-refractivity contribution >= 4 is 21.6 Å². The number of hydrogen-bond acceptors (Lipinski definition) is 5.